The van der Waals surface area contributed by atoms with Crippen LogP contribution in [0.4, 0.5) is 13.2 Å². The summed E-state index contributed by atoms with van der Waals surface area (Å²) in [5.41, 5.74) is 0.132. The third-order valence-corrected chi connectivity index (χ3v) is 4.03. The van der Waals surface area contributed by atoms with Gasteiger partial charge in [-0.2, -0.15) is 18.3 Å². The number of hydrogen-bond donors (Lipinski definition) is 2. The van der Waals surface area contributed by atoms with E-state index in [1.807, 2.05) is 0 Å². The molecular formula is C18H20F3N3O3. The van der Waals surface area contributed by atoms with Crippen molar-refractivity contribution in [3.05, 3.63) is 47.3 Å². The van der Waals surface area contributed by atoms with Gasteiger partial charge in [-0.1, -0.05) is 12.5 Å². The van der Waals surface area contributed by atoms with E-state index < -0.39 is 17.7 Å². The van der Waals surface area contributed by atoms with Crippen molar-refractivity contribution in [1.29, 1.82) is 0 Å². The number of aliphatic carboxylic acids is 1. The maximum atomic E-state index is 12.9. The number of halogens is 3. The number of rotatable bonds is 8. The molecule has 2 aromatic rings. The Kier molecular flexibility index (Phi) is 6.59. The van der Waals surface area contributed by atoms with Gasteiger partial charge in [-0.25, -0.2) is 4.68 Å². The first kappa shape index (κ1) is 20.5. The van der Waals surface area contributed by atoms with Gasteiger partial charge in [-0.3, -0.25) is 9.59 Å². The maximum Gasteiger partial charge on any atom is 0.416 e. The molecule has 0 saturated carbocycles. The summed E-state index contributed by atoms with van der Waals surface area (Å²) >= 11 is 0. The van der Waals surface area contributed by atoms with Crippen LogP contribution in [0.2, 0.25) is 0 Å². The summed E-state index contributed by atoms with van der Waals surface area (Å²) in [5.74, 6) is -1.22. The first-order valence-electron chi connectivity index (χ1n) is 8.42. The number of carboxylic acids is 1. The van der Waals surface area contributed by atoms with Crippen LogP contribution in [0, 0.1) is 6.92 Å². The Hall–Kier alpha value is -2.84. The van der Waals surface area contributed by atoms with Gasteiger partial charge in [-0.15, -0.1) is 0 Å². The van der Waals surface area contributed by atoms with Crippen LogP contribution in [-0.4, -0.2) is 33.3 Å². The van der Waals surface area contributed by atoms with Gasteiger partial charge in [0.25, 0.3) is 5.91 Å². The van der Waals surface area contributed by atoms with E-state index >= 15 is 0 Å². The summed E-state index contributed by atoms with van der Waals surface area (Å²) in [6.45, 7) is 1.99. The fourth-order valence-corrected chi connectivity index (χ4v) is 2.58. The smallest absolute Gasteiger partial charge is 0.416 e. The zero-order valence-corrected chi connectivity index (χ0v) is 14.7. The first-order chi connectivity index (χ1) is 12.7. The molecule has 0 aliphatic rings. The second kappa shape index (κ2) is 8.70. The standard InChI is InChI=1S/C18H20F3N3O3/c1-12-15(17(27)22-9-4-2-3-8-16(25)26)11-23-24(12)14-7-5-6-13(10-14)18(19,20)21/h5-7,10-11H,2-4,8-9H2,1H3,(H,22,27)(H,25,26). The minimum atomic E-state index is -4.46. The molecule has 2 N–H and O–H groups in total. The Balaban J connectivity index is 2.00. The van der Waals surface area contributed by atoms with E-state index in [1.165, 1.54) is 23.0 Å². The van der Waals surface area contributed by atoms with Crippen molar-refractivity contribution in [3.8, 4) is 5.69 Å². The summed E-state index contributed by atoms with van der Waals surface area (Å²) in [6, 6.07) is 4.72. The molecule has 1 aromatic carbocycles. The molecule has 1 amide bonds. The average Bonchev–Trinajstić information content (AvgIpc) is 2.98. The molecule has 1 aromatic heterocycles. The minimum absolute atomic E-state index is 0.0941. The number of carbonyl (C=O) groups is 2. The van der Waals surface area contributed by atoms with E-state index in [4.69, 9.17) is 5.11 Å². The number of hydrogen-bond acceptors (Lipinski definition) is 3. The first-order valence-corrected chi connectivity index (χ1v) is 8.42. The van der Waals surface area contributed by atoms with Crippen molar-refractivity contribution < 1.29 is 27.9 Å². The SMILES string of the molecule is Cc1c(C(=O)NCCCCCC(=O)O)cnn1-c1cccc(C(F)(F)F)c1. The molecule has 6 nitrogen and oxygen atoms in total. The van der Waals surface area contributed by atoms with Gasteiger partial charge < -0.3 is 10.4 Å². The lowest BCUT2D eigenvalue weighted by molar-refractivity contribution is -0.138. The Morgan fingerprint density at radius 1 is 1.22 bits per heavy atom. The van der Waals surface area contributed by atoms with E-state index in [1.54, 1.807) is 6.92 Å². The van der Waals surface area contributed by atoms with E-state index in [0.717, 1.165) is 12.1 Å². The average molecular weight is 383 g/mol. The van der Waals surface area contributed by atoms with Crippen molar-refractivity contribution in [2.45, 2.75) is 38.8 Å². The molecule has 0 aliphatic heterocycles. The highest BCUT2D eigenvalue weighted by Crippen LogP contribution is 2.30. The zero-order valence-electron chi connectivity index (χ0n) is 14.7. The second-order valence-electron chi connectivity index (χ2n) is 6.06. The molecule has 0 radical (unpaired) electrons. The van der Waals surface area contributed by atoms with Crippen molar-refractivity contribution in [1.82, 2.24) is 15.1 Å². The number of nitrogens with zero attached hydrogens (tertiary/aromatic N) is 2. The van der Waals surface area contributed by atoms with Gasteiger partial charge in [0.1, 0.15) is 0 Å². The number of carbonyl (C=O) groups excluding carboxylic acids is 1. The summed E-state index contributed by atoms with van der Waals surface area (Å²) in [6.07, 6.45) is -1.20. The van der Waals surface area contributed by atoms with Crippen LogP contribution in [0.25, 0.3) is 5.69 Å². The van der Waals surface area contributed by atoms with E-state index in [2.05, 4.69) is 10.4 Å². The molecule has 146 valence electrons. The number of carboxylic acid groups (broad SMARTS) is 1. The predicted octanol–water partition coefficient (Wildman–Crippen LogP) is 3.57. The van der Waals surface area contributed by atoms with Gasteiger partial charge in [0.15, 0.2) is 0 Å². The summed E-state index contributed by atoms with van der Waals surface area (Å²) in [7, 11) is 0. The van der Waals surface area contributed by atoms with E-state index in [0.29, 0.717) is 31.5 Å². The zero-order chi connectivity index (χ0) is 20.0. The van der Waals surface area contributed by atoms with Crippen LogP contribution in [0.5, 0.6) is 0 Å². The number of aromatic nitrogens is 2. The molecule has 2 rings (SSSR count). The Morgan fingerprint density at radius 3 is 2.63 bits per heavy atom. The second-order valence-corrected chi connectivity index (χ2v) is 6.06. The molecule has 0 unspecified atom stereocenters. The number of amides is 1. The third kappa shape index (κ3) is 5.57. The maximum absolute atomic E-state index is 12.9. The molecule has 0 atom stereocenters. The van der Waals surface area contributed by atoms with Crippen LogP contribution in [-0.2, 0) is 11.0 Å². The Morgan fingerprint density at radius 2 is 1.96 bits per heavy atom. The lowest BCUT2D eigenvalue weighted by Crippen LogP contribution is -2.25. The molecule has 0 aliphatic carbocycles. The Labute approximate surface area is 154 Å². The highest BCUT2D eigenvalue weighted by Gasteiger charge is 2.30. The van der Waals surface area contributed by atoms with Crippen LogP contribution < -0.4 is 5.32 Å². The number of benzene rings is 1. The van der Waals surface area contributed by atoms with Crippen LogP contribution >= 0.6 is 0 Å². The lowest BCUT2D eigenvalue weighted by atomic mass is 10.2. The van der Waals surface area contributed by atoms with Gasteiger partial charge in [0, 0.05) is 13.0 Å². The van der Waals surface area contributed by atoms with Gasteiger partial charge in [-0.05, 0) is 38.0 Å². The van der Waals surface area contributed by atoms with Crippen molar-refractivity contribution in [2.24, 2.45) is 0 Å². The van der Waals surface area contributed by atoms with E-state index in [9.17, 15) is 22.8 Å². The molecule has 9 heteroatoms. The van der Waals surface area contributed by atoms with Crippen LogP contribution in [0.3, 0.4) is 0 Å². The van der Waals surface area contributed by atoms with Gasteiger partial charge >= 0.3 is 12.1 Å². The molecule has 1 heterocycles. The largest absolute Gasteiger partial charge is 0.481 e. The topological polar surface area (TPSA) is 84.2 Å². The van der Waals surface area contributed by atoms with Crippen LogP contribution in [0.1, 0.15) is 47.3 Å². The highest BCUT2D eigenvalue weighted by molar-refractivity contribution is 5.95. The van der Waals surface area contributed by atoms with Crippen molar-refractivity contribution in [2.75, 3.05) is 6.54 Å². The van der Waals surface area contributed by atoms with Crippen molar-refractivity contribution in [3.63, 3.8) is 0 Å². The van der Waals surface area contributed by atoms with Gasteiger partial charge in [0.05, 0.1) is 28.7 Å². The van der Waals surface area contributed by atoms with E-state index in [-0.39, 0.29) is 23.6 Å². The molecule has 27 heavy (non-hydrogen) atoms. The number of nitrogens with one attached hydrogen (secondary N) is 1. The van der Waals surface area contributed by atoms with Gasteiger partial charge in [0.2, 0.25) is 0 Å². The summed E-state index contributed by atoms with van der Waals surface area (Å²) in [4.78, 5) is 22.7. The monoisotopic (exact) mass is 383 g/mol. The summed E-state index contributed by atoms with van der Waals surface area (Å²) in [5, 5.41) is 15.3. The molecule has 0 saturated heterocycles. The third-order valence-electron chi connectivity index (χ3n) is 4.03. The predicted molar refractivity (Wildman–Crippen MR) is 91.7 cm³/mol. The minimum Gasteiger partial charge on any atom is -0.481 e. The highest BCUT2D eigenvalue weighted by atomic mass is 19.4. The molecule has 0 spiro atoms. The number of alkyl halides is 3. The quantitative estimate of drug-likeness (QED) is 0.683. The normalized spacial score (nSPS) is 11.4. The molecule has 0 bridgehead atoms. The number of unbranched alkanes of at least 4 members (excludes halogenated alkanes) is 2. The summed E-state index contributed by atoms with van der Waals surface area (Å²) < 4.78 is 39.9. The Bertz CT molecular complexity index is 816. The van der Waals surface area contributed by atoms with Crippen molar-refractivity contribution >= 4 is 11.9 Å². The molecule has 0 fully saturated rings. The molecular weight excluding hydrogens is 363 g/mol. The fraction of sp³-hybridized carbons (Fsp3) is 0.389. The van der Waals surface area contributed by atoms with Crippen LogP contribution in [0.15, 0.2) is 30.5 Å². The fourth-order valence-electron chi connectivity index (χ4n) is 2.58. The lowest BCUT2D eigenvalue weighted by Gasteiger charge is -2.10.